The SMILES string of the molecule is C=C/C=C\C(C)=C(/C)N(C)CC. The maximum atomic E-state index is 3.63. The van der Waals surface area contributed by atoms with Crippen LogP contribution in [0.15, 0.2) is 36.1 Å². The third-order valence-corrected chi connectivity index (χ3v) is 2.10. The Morgan fingerprint density at radius 1 is 1.42 bits per heavy atom. The lowest BCUT2D eigenvalue weighted by molar-refractivity contribution is 0.439. The van der Waals surface area contributed by atoms with Gasteiger partial charge in [-0.05, 0) is 26.3 Å². The standard InChI is InChI=1S/C11H19N/c1-6-8-9-10(3)11(4)12(5)7-2/h6,8-9H,1,7H2,2-5H3/b9-8-,11-10+. The van der Waals surface area contributed by atoms with E-state index in [1.54, 1.807) is 6.08 Å². The smallest absolute Gasteiger partial charge is 0.0143 e. The molecule has 0 N–H and O–H groups in total. The highest BCUT2D eigenvalue weighted by Crippen LogP contribution is 2.08. The summed E-state index contributed by atoms with van der Waals surface area (Å²) in [6.45, 7) is 11.1. The van der Waals surface area contributed by atoms with E-state index in [1.165, 1.54) is 11.3 Å². The molecule has 0 bridgehead atoms. The lowest BCUT2D eigenvalue weighted by Gasteiger charge is -2.18. The molecule has 0 unspecified atom stereocenters. The minimum atomic E-state index is 1.05. The van der Waals surface area contributed by atoms with E-state index in [1.807, 2.05) is 6.08 Å². The molecule has 0 heterocycles. The Kier molecular flexibility index (Phi) is 5.18. The largest absolute Gasteiger partial charge is 0.378 e. The molecule has 0 radical (unpaired) electrons. The first-order valence-corrected chi connectivity index (χ1v) is 4.31. The van der Waals surface area contributed by atoms with E-state index < -0.39 is 0 Å². The van der Waals surface area contributed by atoms with Crippen LogP contribution in [0.3, 0.4) is 0 Å². The lowest BCUT2D eigenvalue weighted by atomic mass is 10.2. The summed E-state index contributed by atoms with van der Waals surface area (Å²) in [6, 6.07) is 0. The molecule has 0 saturated carbocycles. The predicted octanol–water partition coefficient (Wildman–Crippen LogP) is 2.97. The quantitative estimate of drug-likeness (QED) is 0.579. The topological polar surface area (TPSA) is 3.24 Å². The van der Waals surface area contributed by atoms with Crippen molar-refractivity contribution < 1.29 is 0 Å². The minimum absolute atomic E-state index is 1.05. The minimum Gasteiger partial charge on any atom is -0.378 e. The molecular formula is C11H19N. The molecule has 0 aromatic heterocycles. The van der Waals surface area contributed by atoms with Crippen molar-refractivity contribution in [3.8, 4) is 0 Å². The molecule has 0 fully saturated rings. The molecule has 1 nitrogen and oxygen atoms in total. The first-order chi connectivity index (χ1) is 5.63. The van der Waals surface area contributed by atoms with E-state index in [9.17, 15) is 0 Å². The van der Waals surface area contributed by atoms with Crippen LogP contribution in [-0.4, -0.2) is 18.5 Å². The summed E-state index contributed by atoms with van der Waals surface area (Å²) in [5.41, 5.74) is 2.61. The number of hydrogen-bond donors (Lipinski definition) is 0. The molecule has 0 atom stereocenters. The van der Waals surface area contributed by atoms with E-state index in [4.69, 9.17) is 0 Å². The Hall–Kier alpha value is -0.980. The van der Waals surface area contributed by atoms with Crippen LogP contribution in [0.2, 0.25) is 0 Å². The number of rotatable bonds is 4. The van der Waals surface area contributed by atoms with E-state index in [2.05, 4.69) is 45.4 Å². The molecule has 1 heteroatoms. The summed E-state index contributed by atoms with van der Waals surface area (Å²) in [5.74, 6) is 0. The van der Waals surface area contributed by atoms with Crippen LogP contribution in [0.5, 0.6) is 0 Å². The average Bonchev–Trinajstić information content (AvgIpc) is 2.11. The fraction of sp³-hybridized carbons (Fsp3) is 0.455. The van der Waals surface area contributed by atoms with Crippen LogP contribution in [0, 0.1) is 0 Å². The summed E-state index contributed by atoms with van der Waals surface area (Å²) in [5, 5.41) is 0. The van der Waals surface area contributed by atoms with Crippen LogP contribution >= 0.6 is 0 Å². The van der Waals surface area contributed by atoms with Crippen molar-refractivity contribution in [1.29, 1.82) is 0 Å². The first kappa shape index (κ1) is 11.0. The van der Waals surface area contributed by atoms with Crippen LogP contribution in [0.25, 0.3) is 0 Å². The number of allylic oxidation sites excluding steroid dienone is 5. The molecule has 0 aromatic carbocycles. The van der Waals surface area contributed by atoms with Gasteiger partial charge in [-0.3, -0.25) is 0 Å². The van der Waals surface area contributed by atoms with Gasteiger partial charge in [0.05, 0.1) is 0 Å². The van der Waals surface area contributed by atoms with Crippen molar-refractivity contribution in [3.63, 3.8) is 0 Å². The maximum absolute atomic E-state index is 3.63. The zero-order valence-corrected chi connectivity index (χ0v) is 8.59. The molecule has 68 valence electrons. The summed E-state index contributed by atoms with van der Waals surface area (Å²) < 4.78 is 0. The Morgan fingerprint density at radius 2 is 2.00 bits per heavy atom. The molecular weight excluding hydrogens is 146 g/mol. The zero-order valence-electron chi connectivity index (χ0n) is 8.59. The Morgan fingerprint density at radius 3 is 2.42 bits per heavy atom. The van der Waals surface area contributed by atoms with Gasteiger partial charge in [0.15, 0.2) is 0 Å². The van der Waals surface area contributed by atoms with Crippen molar-refractivity contribution in [1.82, 2.24) is 4.90 Å². The van der Waals surface area contributed by atoms with Crippen LogP contribution < -0.4 is 0 Å². The van der Waals surface area contributed by atoms with E-state index in [0.29, 0.717) is 0 Å². The fourth-order valence-electron chi connectivity index (χ4n) is 0.871. The summed E-state index contributed by atoms with van der Waals surface area (Å²) >= 11 is 0. The maximum Gasteiger partial charge on any atom is 0.0143 e. The average molecular weight is 165 g/mol. The summed E-state index contributed by atoms with van der Waals surface area (Å²) in [7, 11) is 2.10. The third-order valence-electron chi connectivity index (χ3n) is 2.10. The van der Waals surface area contributed by atoms with E-state index in [0.717, 1.165) is 6.54 Å². The van der Waals surface area contributed by atoms with Gasteiger partial charge in [-0.25, -0.2) is 0 Å². The fourth-order valence-corrected chi connectivity index (χ4v) is 0.871. The lowest BCUT2D eigenvalue weighted by Crippen LogP contribution is -2.15. The van der Waals surface area contributed by atoms with Gasteiger partial charge in [0.25, 0.3) is 0 Å². The highest BCUT2D eigenvalue weighted by Gasteiger charge is 1.96. The molecule has 0 aliphatic rings. The highest BCUT2D eigenvalue weighted by atomic mass is 15.1. The first-order valence-electron chi connectivity index (χ1n) is 4.31. The molecule has 0 aliphatic carbocycles. The van der Waals surface area contributed by atoms with Gasteiger partial charge in [0.1, 0.15) is 0 Å². The Labute approximate surface area is 76.1 Å². The van der Waals surface area contributed by atoms with E-state index >= 15 is 0 Å². The Bertz CT molecular complexity index is 199. The van der Waals surface area contributed by atoms with Crippen molar-refractivity contribution in [2.24, 2.45) is 0 Å². The summed E-state index contributed by atoms with van der Waals surface area (Å²) in [4.78, 5) is 2.22. The second-order valence-electron chi connectivity index (χ2n) is 2.88. The van der Waals surface area contributed by atoms with Crippen LogP contribution in [0.4, 0.5) is 0 Å². The van der Waals surface area contributed by atoms with Gasteiger partial charge >= 0.3 is 0 Å². The highest BCUT2D eigenvalue weighted by molar-refractivity contribution is 5.23. The predicted molar refractivity (Wildman–Crippen MR) is 56.0 cm³/mol. The third kappa shape index (κ3) is 3.42. The molecule has 0 spiro atoms. The van der Waals surface area contributed by atoms with Gasteiger partial charge in [-0.2, -0.15) is 0 Å². The van der Waals surface area contributed by atoms with Crippen molar-refractivity contribution in [3.05, 3.63) is 36.1 Å². The summed E-state index contributed by atoms with van der Waals surface area (Å²) in [6.07, 6.45) is 5.83. The molecule has 0 aliphatic heterocycles. The Balaban J connectivity index is 4.44. The van der Waals surface area contributed by atoms with Gasteiger partial charge in [0, 0.05) is 19.3 Å². The molecule has 0 rings (SSSR count). The van der Waals surface area contributed by atoms with Gasteiger partial charge in [-0.15, -0.1) is 0 Å². The van der Waals surface area contributed by atoms with Crippen LogP contribution in [0.1, 0.15) is 20.8 Å². The monoisotopic (exact) mass is 165 g/mol. The van der Waals surface area contributed by atoms with Gasteiger partial charge in [-0.1, -0.05) is 24.8 Å². The normalized spacial score (nSPS) is 13.0. The van der Waals surface area contributed by atoms with Crippen molar-refractivity contribution in [2.45, 2.75) is 20.8 Å². The van der Waals surface area contributed by atoms with Crippen molar-refractivity contribution >= 4 is 0 Å². The second-order valence-corrected chi connectivity index (χ2v) is 2.88. The number of nitrogens with zero attached hydrogens (tertiary/aromatic N) is 1. The van der Waals surface area contributed by atoms with E-state index in [-0.39, 0.29) is 0 Å². The zero-order chi connectivity index (χ0) is 9.56. The molecule has 0 amide bonds. The second kappa shape index (κ2) is 5.64. The van der Waals surface area contributed by atoms with Crippen LogP contribution in [-0.2, 0) is 0 Å². The molecule has 0 saturated heterocycles. The van der Waals surface area contributed by atoms with Gasteiger partial charge in [0.2, 0.25) is 0 Å². The van der Waals surface area contributed by atoms with Crippen molar-refractivity contribution in [2.75, 3.05) is 13.6 Å². The number of hydrogen-bond acceptors (Lipinski definition) is 1. The van der Waals surface area contributed by atoms with Gasteiger partial charge < -0.3 is 4.90 Å². The molecule has 12 heavy (non-hydrogen) atoms. The molecule has 0 aromatic rings.